The fourth-order valence-electron chi connectivity index (χ4n) is 1.35. The highest BCUT2D eigenvalue weighted by molar-refractivity contribution is 5.89. The number of hydrogen-bond donors (Lipinski definition) is 0. The van der Waals surface area contributed by atoms with Crippen molar-refractivity contribution in [2.75, 3.05) is 6.61 Å². The van der Waals surface area contributed by atoms with Crippen molar-refractivity contribution in [3.8, 4) is 11.3 Å². The van der Waals surface area contributed by atoms with E-state index in [4.69, 9.17) is 4.42 Å². The molecule has 0 aliphatic heterocycles. The highest BCUT2D eigenvalue weighted by Gasteiger charge is 2.11. The maximum Gasteiger partial charge on any atom is 0.338 e. The summed E-state index contributed by atoms with van der Waals surface area (Å²) in [6.45, 7) is -0.900. The Morgan fingerprint density at radius 2 is 2.06 bits per heavy atom. The first-order valence-electron chi connectivity index (χ1n) is 5.11. The molecule has 0 N–H and O–H groups in total. The zero-order valence-corrected chi connectivity index (χ0v) is 9.18. The van der Waals surface area contributed by atoms with E-state index in [9.17, 15) is 13.6 Å². The number of hydrogen-bond acceptors (Lipinski definition) is 4. The van der Waals surface area contributed by atoms with Gasteiger partial charge in [-0.2, -0.15) is 0 Å². The second kappa shape index (κ2) is 5.39. The molecule has 2 aromatic rings. The minimum absolute atomic E-state index is 0.207. The number of nitrogens with zero attached hydrogens (tertiary/aromatic N) is 1. The largest absolute Gasteiger partial charge is 0.456 e. The molecule has 1 aromatic heterocycles. The first-order valence-corrected chi connectivity index (χ1v) is 5.11. The zero-order valence-electron chi connectivity index (χ0n) is 9.18. The summed E-state index contributed by atoms with van der Waals surface area (Å²) >= 11 is 0. The van der Waals surface area contributed by atoms with E-state index in [1.165, 1.54) is 24.7 Å². The molecule has 18 heavy (non-hydrogen) atoms. The van der Waals surface area contributed by atoms with Gasteiger partial charge in [0.2, 0.25) is 0 Å². The minimum atomic E-state index is -2.66. The first kappa shape index (κ1) is 12.2. The van der Waals surface area contributed by atoms with Crippen LogP contribution in [-0.4, -0.2) is 24.0 Å². The number of oxazole rings is 1. The number of esters is 1. The SMILES string of the molecule is O=C(OCC(F)F)c1ccc(-c2cnco2)cc1. The van der Waals surface area contributed by atoms with Gasteiger partial charge < -0.3 is 9.15 Å². The van der Waals surface area contributed by atoms with Crippen molar-refractivity contribution in [1.29, 1.82) is 0 Å². The average Bonchev–Trinajstić information content (AvgIpc) is 2.90. The Morgan fingerprint density at radius 3 is 2.61 bits per heavy atom. The lowest BCUT2D eigenvalue weighted by Crippen LogP contribution is -2.11. The van der Waals surface area contributed by atoms with Crippen molar-refractivity contribution in [1.82, 2.24) is 4.98 Å². The Hall–Kier alpha value is -2.24. The Morgan fingerprint density at radius 1 is 1.33 bits per heavy atom. The molecule has 0 atom stereocenters. The molecule has 0 bridgehead atoms. The molecule has 1 heterocycles. The van der Waals surface area contributed by atoms with Gasteiger partial charge in [0.25, 0.3) is 6.43 Å². The molecule has 2 rings (SSSR count). The number of carbonyl (C=O) groups excluding carboxylic acids is 1. The van der Waals surface area contributed by atoms with Gasteiger partial charge in [0.1, 0.15) is 0 Å². The van der Waals surface area contributed by atoms with Crippen LogP contribution in [0.15, 0.2) is 41.3 Å². The second-order valence-electron chi connectivity index (χ2n) is 3.43. The molecule has 0 fully saturated rings. The molecule has 0 saturated heterocycles. The maximum absolute atomic E-state index is 11.9. The molecule has 0 saturated carbocycles. The Balaban J connectivity index is 2.06. The quantitative estimate of drug-likeness (QED) is 0.786. The highest BCUT2D eigenvalue weighted by Crippen LogP contribution is 2.19. The average molecular weight is 253 g/mol. The van der Waals surface area contributed by atoms with E-state index in [0.29, 0.717) is 5.76 Å². The molecule has 4 nitrogen and oxygen atoms in total. The number of alkyl halides is 2. The maximum atomic E-state index is 11.9. The third-order valence-corrected chi connectivity index (χ3v) is 2.18. The van der Waals surface area contributed by atoms with Crippen molar-refractivity contribution in [3.05, 3.63) is 42.4 Å². The van der Waals surface area contributed by atoms with Gasteiger partial charge in [-0.25, -0.2) is 18.6 Å². The molecule has 94 valence electrons. The van der Waals surface area contributed by atoms with Gasteiger partial charge in [0.15, 0.2) is 18.8 Å². The molecule has 1 aromatic carbocycles. The lowest BCUT2D eigenvalue weighted by molar-refractivity contribution is 0.0160. The van der Waals surface area contributed by atoms with Crippen LogP contribution in [-0.2, 0) is 4.74 Å². The summed E-state index contributed by atoms with van der Waals surface area (Å²) in [5.74, 6) is -0.220. The Labute approximate surface area is 101 Å². The van der Waals surface area contributed by atoms with E-state index in [1.807, 2.05) is 0 Å². The Kier molecular flexibility index (Phi) is 3.66. The van der Waals surface area contributed by atoms with Gasteiger partial charge in [-0.1, -0.05) is 12.1 Å². The van der Waals surface area contributed by atoms with Gasteiger partial charge in [-0.15, -0.1) is 0 Å². The van der Waals surface area contributed by atoms with E-state index >= 15 is 0 Å². The Bertz CT molecular complexity index is 509. The molecule has 0 aliphatic rings. The minimum Gasteiger partial charge on any atom is -0.456 e. The summed E-state index contributed by atoms with van der Waals surface area (Å²) in [5, 5.41) is 0. The van der Waals surface area contributed by atoms with Crippen LogP contribution in [0.1, 0.15) is 10.4 Å². The summed E-state index contributed by atoms with van der Waals surface area (Å²) in [6.07, 6.45) is 0.159. The van der Waals surface area contributed by atoms with Crippen LogP contribution in [0.25, 0.3) is 11.3 Å². The van der Waals surface area contributed by atoms with Crippen LogP contribution >= 0.6 is 0 Å². The molecule has 0 amide bonds. The van der Waals surface area contributed by atoms with E-state index in [0.717, 1.165) is 5.56 Å². The van der Waals surface area contributed by atoms with E-state index in [1.54, 1.807) is 12.1 Å². The van der Waals surface area contributed by atoms with Gasteiger partial charge in [-0.05, 0) is 12.1 Å². The number of halogens is 2. The molecule has 0 unspecified atom stereocenters. The van der Waals surface area contributed by atoms with Gasteiger partial charge in [0.05, 0.1) is 11.8 Å². The standard InChI is InChI=1S/C12H9F2NO3/c13-11(14)6-17-12(16)9-3-1-8(2-4-9)10-5-15-7-18-10/h1-5,7,11H,6H2. The summed E-state index contributed by atoms with van der Waals surface area (Å²) in [4.78, 5) is 15.1. The number of ether oxygens (including phenoxy) is 1. The molecular formula is C12H9F2NO3. The van der Waals surface area contributed by atoms with Crippen molar-refractivity contribution in [2.45, 2.75) is 6.43 Å². The van der Waals surface area contributed by atoms with Crippen LogP contribution in [0.5, 0.6) is 0 Å². The molecule has 0 aliphatic carbocycles. The van der Waals surface area contributed by atoms with Crippen LogP contribution in [0.4, 0.5) is 8.78 Å². The monoisotopic (exact) mass is 253 g/mol. The predicted molar refractivity (Wildman–Crippen MR) is 58.2 cm³/mol. The van der Waals surface area contributed by atoms with Gasteiger partial charge in [0, 0.05) is 5.56 Å². The van der Waals surface area contributed by atoms with Crippen molar-refractivity contribution in [3.63, 3.8) is 0 Å². The zero-order chi connectivity index (χ0) is 13.0. The van der Waals surface area contributed by atoms with Crippen LogP contribution in [0.3, 0.4) is 0 Å². The van der Waals surface area contributed by atoms with Crippen molar-refractivity contribution in [2.24, 2.45) is 0 Å². The highest BCUT2D eigenvalue weighted by atomic mass is 19.3. The first-order chi connectivity index (χ1) is 8.66. The fraction of sp³-hybridized carbons (Fsp3) is 0.167. The predicted octanol–water partition coefficient (Wildman–Crippen LogP) is 2.76. The van der Waals surface area contributed by atoms with E-state index in [2.05, 4.69) is 9.72 Å². The third-order valence-electron chi connectivity index (χ3n) is 2.18. The lowest BCUT2D eigenvalue weighted by atomic mass is 10.1. The molecule has 6 heteroatoms. The van der Waals surface area contributed by atoms with Crippen LogP contribution < -0.4 is 0 Å². The third kappa shape index (κ3) is 2.91. The lowest BCUT2D eigenvalue weighted by Gasteiger charge is -2.04. The topological polar surface area (TPSA) is 52.3 Å². The summed E-state index contributed by atoms with van der Waals surface area (Å²) in [7, 11) is 0. The van der Waals surface area contributed by atoms with Gasteiger partial charge in [-0.3, -0.25) is 0 Å². The second-order valence-corrected chi connectivity index (χ2v) is 3.43. The molecular weight excluding hydrogens is 244 g/mol. The number of aromatic nitrogens is 1. The fourth-order valence-corrected chi connectivity index (χ4v) is 1.35. The summed E-state index contributed by atoms with van der Waals surface area (Å²) < 4.78 is 33.2. The smallest absolute Gasteiger partial charge is 0.338 e. The summed E-state index contributed by atoms with van der Waals surface area (Å²) in [6, 6.07) is 6.20. The summed E-state index contributed by atoms with van der Waals surface area (Å²) in [5.41, 5.74) is 0.942. The van der Waals surface area contributed by atoms with E-state index < -0.39 is 19.0 Å². The number of carbonyl (C=O) groups is 1. The van der Waals surface area contributed by atoms with Gasteiger partial charge >= 0.3 is 5.97 Å². The van der Waals surface area contributed by atoms with Crippen molar-refractivity contribution >= 4 is 5.97 Å². The van der Waals surface area contributed by atoms with Crippen LogP contribution in [0.2, 0.25) is 0 Å². The molecule has 0 spiro atoms. The number of rotatable bonds is 4. The number of benzene rings is 1. The van der Waals surface area contributed by atoms with Crippen molar-refractivity contribution < 1.29 is 22.7 Å². The molecule has 0 radical (unpaired) electrons. The van der Waals surface area contributed by atoms with Crippen LogP contribution in [0, 0.1) is 0 Å². The van der Waals surface area contributed by atoms with E-state index in [-0.39, 0.29) is 5.56 Å². The normalized spacial score (nSPS) is 10.6.